The molecule has 0 radical (unpaired) electrons. The van der Waals surface area contributed by atoms with E-state index in [-0.39, 0.29) is 5.52 Å². The van der Waals surface area contributed by atoms with Crippen molar-refractivity contribution in [2.75, 3.05) is 0 Å². The van der Waals surface area contributed by atoms with Crippen LogP contribution in [0.15, 0.2) is 30.5 Å². The van der Waals surface area contributed by atoms with Gasteiger partial charge in [-0.2, -0.15) is 34.8 Å². The Hall–Kier alpha value is -2.04. The Kier molecular flexibility index (Phi) is 3.71. The molecule has 0 saturated heterocycles. The highest BCUT2D eigenvalue weighted by molar-refractivity contribution is 7.88. The summed E-state index contributed by atoms with van der Waals surface area (Å²) < 4.78 is 100. The molecule has 1 aromatic carbocycles. The monoisotopic (exact) mass is 345 g/mol. The van der Waals surface area contributed by atoms with Gasteiger partial charge in [0.15, 0.2) is 5.75 Å². The van der Waals surface area contributed by atoms with Crippen molar-refractivity contribution in [1.29, 1.82) is 0 Å². The third-order valence-electron chi connectivity index (χ3n) is 2.51. The Balaban J connectivity index is 2.60. The van der Waals surface area contributed by atoms with E-state index in [2.05, 4.69) is 9.17 Å². The lowest BCUT2D eigenvalue weighted by Crippen LogP contribution is -2.28. The van der Waals surface area contributed by atoms with Gasteiger partial charge < -0.3 is 4.18 Å². The van der Waals surface area contributed by atoms with Gasteiger partial charge in [-0.25, -0.2) is 0 Å². The number of alkyl halides is 6. The van der Waals surface area contributed by atoms with E-state index in [4.69, 9.17) is 0 Å². The third kappa shape index (κ3) is 3.08. The number of hydrogen-bond donors (Lipinski definition) is 0. The molecule has 0 N–H and O–H groups in total. The van der Waals surface area contributed by atoms with Gasteiger partial charge in [0.05, 0.1) is 11.1 Å². The summed E-state index contributed by atoms with van der Waals surface area (Å²) in [5.74, 6) is -0.895. The van der Waals surface area contributed by atoms with Gasteiger partial charge in [0.1, 0.15) is 0 Å². The van der Waals surface area contributed by atoms with Crippen molar-refractivity contribution < 1.29 is 38.9 Å². The van der Waals surface area contributed by atoms with Crippen LogP contribution < -0.4 is 4.18 Å². The van der Waals surface area contributed by atoms with Crippen LogP contribution in [0.1, 0.15) is 5.56 Å². The van der Waals surface area contributed by atoms with Crippen molar-refractivity contribution in [2.24, 2.45) is 0 Å². The van der Waals surface area contributed by atoms with Crippen molar-refractivity contribution in [1.82, 2.24) is 4.98 Å². The second-order valence-corrected chi connectivity index (χ2v) is 5.56. The topological polar surface area (TPSA) is 56.3 Å². The SMILES string of the molecule is O=S(=O)(Oc1ccnc2ccc(C(F)(F)F)cc12)C(F)(F)F. The second kappa shape index (κ2) is 5.00. The van der Waals surface area contributed by atoms with Crippen LogP contribution in [0.3, 0.4) is 0 Å². The molecular formula is C11H5F6NO3S. The highest BCUT2D eigenvalue weighted by atomic mass is 32.2. The van der Waals surface area contributed by atoms with Gasteiger partial charge in [0.25, 0.3) is 0 Å². The molecule has 11 heteroatoms. The molecule has 0 spiro atoms. The van der Waals surface area contributed by atoms with Crippen LogP contribution in [-0.4, -0.2) is 18.9 Å². The van der Waals surface area contributed by atoms with E-state index in [1.54, 1.807) is 0 Å². The summed E-state index contributed by atoms with van der Waals surface area (Å²) in [7, 11) is -6.00. The van der Waals surface area contributed by atoms with E-state index in [1.165, 1.54) is 0 Å². The fraction of sp³-hybridized carbons (Fsp3) is 0.182. The normalized spacial score (nSPS) is 13.4. The first-order valence-corrected chi connectivity index (χ1v) is 6.79. The van der Waals surface area contributed by atoms with Gasteiger partial charge in [-0.15, -0.1) is 0 Å². The molecule has 4 nitrogen and oxygen atoms in total. The number of pyridine rings is 1. The number of rotatable bonds is 2. The summed E-state index contributed by atoms with van der Waals surface area (Å²) in [6.45, 7) is 0. The number of hydrogen-bond acceptors (Lipinski definition) is 4. The molecule has 0 atom stereocenters. The standard InChI is InChI=1S/C11H5F6NO3S/c12-10(13,14)6-1-2-8-7(5-6)9(3-4-18-8)21-22(19,20)11(15,16)17/h1-5H. The lowest BCUT2D eigenvalue weighted by Gasteiger charge is -2.12. The predicted molar refractivity (Wildman–Crippen MR) is 62.3 cm³/mol. The molecule has 2 rings (SSSR count). The van der Waals surface area contributed by atoms with Crippen LogP contribution >= 0.6 is 0 Å². The fourth-order valence-electron chi connectivity index (χ4n) is 1.54. The zero-order chi connectivity index (χ0) is 16.8. The minimum absolute atomic E-state index is 0.150. The van der Waals surface area contributed by atoms with Crippen LogP contribution in [0.25, 0.3) is 10.9 Å². The summed E-state index contributed by atoms with van der Waals surface area (Å²) in [5.41, 5.74) is -7.03. The van der Waals surface area contributed by atoms with Crippen LogP contribution in [0, 0.1) is 0 Å². The number of nitrogens with zero attached hydrogens (tertiary/aromatic N) is 1. The first kappa shape index (κ1) is 16.3. The van der Waals surface area contributed by atoms with E-state index in [1.807, 2.05) is 0 Å². The van der Waals surface area contributed by atoms with Crippen molar-refractivity contribution in [3.05, 3.63) is 36.0 Å². The van der Waals surface area contributed by atoms with Crippen molar-refractivity contribution in [2.45, 2.75) is 11.7 Å². The molecule has 2 aromatic rings. The first-order valence-electron chi connectivity index (χ1n) is 5.38. The molecule has 0 aliphatic rings. The average Bonchev–Trinajstić information content (AvgIpc) is 2.35. The largest absolute Gasteiger partial charge is 0.534 e. The summed E-state index contributed by atoms with van der Waals surface area (Å²) in [4.78, 5) is 3.63. The van der Waals surface area contributed by atoms with Crippen molar-refractivity contribution in [3.63, 3.8) is 0 Å². The third-order valence-corrected chi connectivity index (χ3v) is 3.48. The molecule has 0 aliphatic heterocycles. The summed E-state index contributed by atoms with van der Waals surface area (Å²) in [6.07, 6.45) is -3.85. The average molecular weight is 345 g/mol. The molecule has 0 amide bonds. The zero-order valence-corrected chi connectivity index (χ0v) is 11.1. The van der Waals surface area contributed by atoms with Gasteiger partial charge >= 0.3 is 21.8 Å². The van der Waals surface area contributed by atoms with Gasteiger partial charge in [-0.3, -0.25) is 4.98 Å². The Morgan fingerprint density at radius 3 is 2.18 bits per heavy atom. The maximum absolute atomic E-state index is 12.6. The van der Waals surface area contributed by atoms with Crippen LogP contribution in [0.5, 0.6) is 5.75 Å². The number of aromatic nitrogens is 1. The minimum Gasteiger partial charge on any atom is -0.375 e. The fourth-order valence-corrected chi connectivity index (χ4v) is 2.01. The minimum atomic E-state index is -6.00. The maximum Gasteiger partial charge on any atom is 0.534 e. The van der Waals surface area contributed by atoms with Crippen molar-refractivity contribution in [3.8, 4) is 5.75 Å². The Morgan fingerprint density at radius 2 is 1.64 bits per heavy atom. The van der Waals surface area contributed by atoms with Crippen LogP contribution in [0.2, 0.25) is 0 Å². The van der Waals surface area contributed by atoms with Crippen LogP contribution in [0.4, 0.5) is 26.3 Å². The molecule has 0 fully saturated rings. The Labute approximate surface area is 119 Å². The summed E-state index contributed by atoms with van der Waals surface area (Å²) in [6, 6.07) is 2.75. The van der Waals surface area contributed by atoms with E-state index in [0.717, 1.165) is 18.3 Å². The van der Waals surface area contributed by atoms with E-state index in [0.29, 0.717) is 12.1 Å². The number of benzene rings is 1. The summed E-state index contributed by atoms with van der Waals surface area (Å²) >= 11 is 0. The first-order chi connectivity index (χ1) is 9.92. The molecule has 0 saturated carbocycles. The molecule has 22 heavy (non-hydrogen) atoms. The quantitative estimate of drug-likeness (QED) is 0.475. The lowest BCUT2D eigenvalue weighted by atomic mass is 10.1. The van der Waals surface area contributed by atoms with E-state index in [9.17, 15) is 34.8 Å². The van der Waals surface area contributed by atoms with Gasteiger partial charge in [-0.05, 0) is 18.2 Å². The highest BCUT2D eigenvalue weighted by Gasteiger charge is 2.48. The van der Waals surface area contributed by atoms with Gasteiger partial charge in [0.2, 0.25) is 0 Å². The number of halogens is 6. The zero-order valence-electron chi connectivity index (χ0n) is 10.2. The molecule has 1 heterocycles. The molecule has 0 aliphatic carbocycles. The number of fused-ring (bicyclic) bond motifs is 1. The second-order valence-electron chi connectivity index (χ2n) is 4.02. The van der Waals surface area contributed by atoms with E-state index < -0.39 is 38.5 Å². The van der Waals surface area contributed by atoms with Gasteiger partial charge in [0, 0.05) is 17.6 Å². The van der Waals surface area contributed by atoms with E-state index >= 15 is 0 Å². The summed E-state index contributed by atoms with van der Waals surface area (Å²) in [5, 5.41) is -0.509. The molecule has 1 aromatic heterocycles. The maximum atomic E-state index is 12.6. The van der Waals surface area contributed by atoms with Gasteiger partial charge in [-0.1, -0.05) is 0 Å². The molecule has 0 bridgehead atoms. The smallest absolute Gasteiger partial charge is 0.375 e. The Bertz CT molecular complexity index is 813. The predicted octanol–water partition coefficient (Wildman–Crippen LogP) is 3.48. The highest BCUT2D eigenvalue weighted by Crippen LogP contribution is 2.35. The molecule has 120 valence electrons. The van der Waals surface area contributed by atoms with Crippen LogP contribution in [-0.2, 0) is 16.3 Å². The lowest BCUT2D eigenvalue weighted by molar-refractivity contribution is -0.137. The molecular weight excluding hydrogens is 340 g/mol. The Morgan fingerprint density at radius 1 is 1.00 bits per heavy atom. The van der Waals surface area contributed by atoms with Crippen molar-refractivity contribution >= 4 is 21.0 Å². The molecule has 0 unspecified atom stereocenters.